The van der Waals surface area contributed by atoms with Gasteiger partial charge >= 0.3 is 12.0 Å². The molecule has 1 aromatic rings. The van der Waals surface area contributed by atoms with Crippen molar-refractivity contribution in [3.8, 4) is 0 Å². The standard InChI is InChI=1S/C19H28N2O3/c1-3-19(2)11-12-21(14-19)18(24)20-16(9-10-17(22)23)13-15-7-5-4-6-8-15/h4-8,16H,3,9-14H2,1-2H3,(H,20,24)(H,22,23). The molecule has 1 aliphatic heterocycles. The number of carboxylic acids is 1. The molecule has 1 fully saturated rings. The Balaban J connectivity index is 1.96. The summed E-state index contributed by atoms with van der Waals surface area (Å²) in [5.41, 5.74) is 1.31. The largest absolute Gasteiger partial charge is 0.481 e. The van der Waals surface area contributed by atoms with E-state index in [0.717, 1.165) is 31.5 Å². The highest BCUT2D eigenvalue weighted by atomic mass is 16.4. The maximum atomic E-state index is 12.6. The molecule has 2 amide bonds. The van der Waals surface area contributed by atoms with Crippen LogP contribution in [0.4, 0.5) is 4.79 Å². The number of nitrogens with one attached hydrogen (secondary N) is 1. The third kappa shape index (κ3) is 5.25. The second kappa shape index (κ2) is 8.18. The Bertz CT molecular complexity index is 561. The van der Waals surface area contributed by atoms with Crippen LogP contribution in [0.5, 0.6) is 0 Å². The number of urea groups is 1. The minimum atomic E-state index is -0.831. The van der Waals surface area contributed by atoms with E-state index in [1.54, 1.807) is 0 Å². The molecule has 1 saturated heterocycles. The Morgan fingerprint density at radius 1 is 1.33 bits per heavy atom. The van der Waals surface area contributed by atoms with Crippen molar-refractivity contribution >= 4 is 12.0 Å². The summed E-state index contributed by atoms with van der Waals surface area (Å²) >= 11 is 0. The molecule has 132 valence electrons. The Kier molecular flexibility index (Phi) is 6.23. The molecule has 24 heavy (non-hydrogen) atoms. The van der Waals surface area contributed by atoms with E-state index < -0.39 is 5.97 Å². The quantitative estimate of drug-likeness (QED) is 0.805. The Morgan fingerprint density at radius 2 is 2.04 bits per heavy atom. The van der Waals surface area contributed by atoms with Gasteiger partial charge in [0, 0.05) is 25.6 Å². The van der Waals surface area contributed by atoms with Gasteiger partial charge in [-0.25, -0.2) is 4.79 Å². The summed E-state index contributed by atoms with van der Waals surface area (Å²) in [6.07, 6.45) is 3.23. The number of likely N-dealkylation sites (tertiary alicyclic amines) is 1. The van der Waals surface area contributed by atoms with Gasteiger partial charge in [0.05, 0.1) is 0 Å². The molecule has 2 atom stereocenters. The smallest absolute Gasteiger partial charge is 0.317 e. The van der Waals surface area contributed by atoms with Crippen LogP contribution in [0.15, 0.2) is 30.3 Å². The van der Waals surface area contributed by atoms with Crippen molar-refractivity contribution in [2.75, 3.05) is 13.1 Å². The second-order valence-corrected chi connectivity index (χ2v) is 7.10. The molecule has 2 N–H and O–H groups in total. The third-order valence-corrected chi connectivity index (χ3v) is 5.06. The molecule has 0 aromatic heterocycles. The lowest BCUT2D eigenvalue weighted by Crippen LogP contribution is -2.45. The Labute approximate surface area is 144 Å². The molecular weight excluding hydrogens is 304 g/mol. The lowest BCUT2D eigenvalue weighted by Gasteiger charge is -2.25. The molecule has 0 radical (unpaired) electrons. The van der Waals surface area contributed by atoms with Crippen LogP contribution in [-0.2, 0) is 11.2 Å². The number of hydrogen-bond acceptors (Lipinski definition) is 2. The zero-order valence-electron chi connectivity index (χ0n) is 14.6. The summed E-state index contributed by atoms with van der Waals surface area (Å²) in [7, 11) is 0. The number of benzene rings is 1. The first-order chi connectivity index (χ1) is 11.4. The van der Waals surface area contributed by atoms with Crippen molar-refractivity contribution in [2.24, 2.45) is 5.41 Å². The fraction of sp³-hybridized carbons (Fsp3) is 0.579. The minimum Gasteiger partial charge on any atom is -0.481 e. The van der Waals surface area contributed by atoms with Crippen molar-refractivity contribution < 1.29 is 14.7 Å². The van der Waals surface area contributed by atoms with Gasteiger partial charge in [0.1, 0.15) is 0 Å². The lowest BCUT2D eigenvalue weighted by atomic mass is 9.87. The van der Waals surface area contributed by atoms with Crippen molar-refractivity contribution in [1.29, 1.82) is 0 Å². The highest BCUT2D eigenvalue weighted by Crippen LogP contribution is 2.32. The number of rotatable bonds is 7. The van der Waals surface area contributed by atoms with Crippen LogP contribution < -0.4 is 5.32 Å². The zero-order chi connectivity index (χ0) is 17.6. The number of nitrogens with zero attached hydrogens (tertiary/aromatic N) is 1. The number of carbonyl (C=O) groups is 2. The molecule has 0 aliphatic carbocycles. The highest BCUT2D eigenvalue weighted by molar-refractivity contribution is 5.75. The third-order valence-electron chi connectivity index (χ3n) is 5.06. The highest BCUT2D eigenvalue weighted by Gasteiger charge is 2.35. The fourth-order valence-corrected chi connectivity index (χ4v) is 3.17. The van der Waals surface area contributed by atoms with Gasteiger partial charge in [0.2, 0.25) is 0 Å². The number of carbonyl (C=O) groups excluding carboxylic acids is 1. The molecule has 5 heteroatoms. The predicted molar refractivity (Wildman–Crippen MR) is 93.9 cm³/mol. The Morgan fingerprint density at radius 3 is 2.62 bits per heavy atom. The molecule has 0 bridgehead atoms. The van der Waals surface area contributed by atoms with Crippen molar-refractivity contribution in [2.45, 2.75) is 52.0 Å². The number of amides is 2. The normalized spacial score (nSPS) is 21.5. The van der Waals surface area contributed by atoms with Crippen molar-refractivity contribution in [1.82, 2.24) is 10.2 Å². The summed E-state index contributed by atoms with van der Waals surface area (Å²) in [6, 6.07) is 9.64. The van der Waals surface area contributed by atoms with E-state index in [4.69, 9.17) is 5.11 Å². The predicted octanol–water partition coefficient (Wildman–Crippen LogP) is 3.29. The second-order valence-electron chi connectivity index (χ2n) is 7.10. The summed E-state index contributed by atoms with van der Waals surface area (Å²) in [4.78, 5) is 25.3. The van der Waals surface area contributed by atoms with E-state index in [1.807, 2.05) is 35.2 Å². The van der Waals surface area contributed by atoms with Crippen LogP contribution in [0.2, 0.25) is 0 Å². The SMILES string of the molecule is CCC1(C)CCN(C(=O)NC(CCC(=O)O)Cc2ccccc2)C1. The topological polar surface area (TPSA) is 69.6 Å². The van der Waals surface area contributed by atoms with Crippen LogP contribution in [-0.4, -0.2) is 41.1 Å². The molecule has 1 aliphatic rings. The van der Waals surface area contributed by atoms with Gasteiger partial charge in [0.15, 0.2) is 0 Å². The maximum absolute atomic E-state index is 12.6. The van der Waals surface area contributed by atoms with E-state index in [1.165, 1.54) is 0 Å². The fourth-order valence-electron chi connectivity index (χ4n) is 3.17. The average molecular weight is 332 g/mol. The first kappa shape index (κ1) is 18.3. The van der Waals surface area contributed by atoms with Gasteiger partial charge in [-0.1, -0.05) is 44.2 Å². The van der Waals surface area contributed by atoms with Gasteiger partial charge in [-0.3, -0.25) is 4.79 Å². The molecular formula is C19H28N2O3. The van der Waals surface area contributed by atoms with E-state index >= 15 is 0 Å². The van der Waals surface area contributed by atoms with Gasteiger partial charge in [0.25, 0.3) is 0 Å². The molecule has 1 heterocycles. The average Bonchev–Trinajstić information content (AvgIpc) is 2.97. The van der Waals surface area contributed by atoms with Gasteiger partial charge < -0.3 is 15.3 Å². The van der Waals surface area contributed by atoms with Crippen molar-refractivity contribution in [3.63, 3.8) is 0 Å². The maximum Gasteiger partial charge on any atom is 0.317 e. The zero-order valence-corrected chi connectivity index (χ0v) is 14.6. The first-order valence-electron chi connectivity index (χ1n) is 8.73. The summed E-state index contributed by atoms with van der Waals surface area (Å²) in [5, 5.41) is 12.0. The molecule has 0 saturated carbocycles. The molecule has 1 aromatic carbocycles. The van der Waals surface area contributed by atoms with Crippen molar-refractivity contribution in [3.05, 3.63) is 35.9 Å². The summed E-state index contributed by atoms with van der Waals surface area (Å²) < 4.78 is 0. The monoisotopic (exact) mass is 332 g/mol. The molecule has 0 spiro atoms. The van der Waals surface area contributed by atoms with Gasteiger partial charge in [-0.15, -0.1) is 0 Å². The van der Waals surface area contributed by atoms with Crippen LogP contribution in [0, 0.1) is 5.41 Å². The van der Waals surface area contributed by atoms with E-state index in [9.17, 15) is 9.59 Å². The first-order valence-corrected chi connectivity index (χ1v) is 8.73. The number of carboxylic acid groups (broad SMARTS) is 1. The molecule has 2 unspecified atom stereocenters. The Hall–Kier alpha value is -2.04. The van der Waals surface area contributed by atoms with Crippen LogP contribution in [0.1, 0.15) is 45.1 Å². The van der Waals surface area contributed by atoms with E-state index in [2.05, 4.69) is 19.2 Å². The van der Waals surface area contributed by atoms with E-state index in [0.29, 0.717) is 12.8 Å². The lowest BCUT2D eigenvalue weighted by molar-refractivity contribution is -0.137. The number of aliphatic carboxylic acids is 1. The summed E-state index contributed by atoms with van der Waals surface area (Å²) in [5.74, 6) is -0.831. The van der Waals surface area contributed by atoms with Gasteiger partial charge in [-0.2, -0.15) is 0 Å². The molecule has 5 nitrogen and oxygen atoms in total. The number of hydrogen-bond donors (Lipinski definition) is 2. The molecule has 2 rings (SSSR count). The van der Waals surface area contributed by atoms with Crippen LogP contribution >= 0.6 is 0 Å². The minimum absolute atomic E-state index is 0.0600. The van der Waals surface area contributed by atoms with Crippen LogP contribution in [0.25, 0.3) is 0 Å². The van der Waals surface area contributed by atoms with Gasteiger partial charge in [-0.05, 0) is 36.7 Å². The summed E-state index contributed by atoms with van der Waals surface area (Å²) in [6.45, 7) is 5.91. The van der Waals surface area contributed by atoms with E-state index in [-0.39, 0.29) is 23.9 Å². The van der Waals surface area contributed by atoms with Crippen LogP contribution in [0.3, 0.4) is 0 Å².